The van der Waals surface area contributed by atoms with E-state index in [1.54, 1.807) is 0 Å². The monoisotopic (exact) mass is 609 g/mol. The van der Waals surface area contributed by atoms with Gasteiger partial charge in [0, 0.05) is 24.4 Å². The Balaban J connectivity index is 2.42. The van der Waals surface area contributed by atoms with Gasteiger partial charge < -0.3 is 10.6 Å². The van der Waals surface area contributed by atoms with Gasteiger partial charge in [-0.1, -0.05) is 0 Å². The Morgan fingerprint density at radius 3 is 1.79 bits per heavy atom. The minimum Gasteiger partial charge on any atom is -0.326 e. The number of nitro groups is 1. The predicted molar refractivity (Wildman–Crippen MR) is 118 cm³/mol. The van der Waals surface area contributed by atoms with Crippen LogP contribution in [0.1, 0.15) is 6.92 Å². The van der Waals surface area contributed by atoms with Crippen molar-refractivity contribution in [1.29, 1.82) is 0 Å². The molecule has 0 aromatic heterocycles. The molecule has 0 aliphatic rings. The molecule has 0 atom stereocenters. The van der Waals surface area contributed by atoms with Gasteiger partial charge in [0.15, 0.2) is 9.84 Å². The third-order valence-electron chi connectivity index (χ3n) is 4.64. The van der Waals surface area contributed by atoms with Crippen molar-refractivity contribution in [3.63, 3.8) is 0 Å². The SMILES string of the molecule is CC(=O)Nc1ccc(NC(=O)CS(=O)(=O)c2ccc(S(=O)(=O)C(F)(F)C(F)(F)C(F)(F)F)cc2[N+](=O)[O-])cc1. The average molecular weight is 609 g/mol. The third-order valence-corrected chi connectivity index (χ3v) is 8.11. The smallest absolute Gasteiger partial charge is 0.326 e. The second kappa shape index (κ2) is 10.4. The summed E-state index contributed by atoms with van der Waals surface area (Å²) in [5, 5.41) is 8.99. The average Bonchev–Trinajstić information content (AvgIpc) is 2.78. The number of carbonyl (C=O) groups excluding carboxylic acids is 2. The van der Waals surface area contributed by atoms with E-state index in [4.69, 9.17) is 0 Å². The van der Waals surface area contributed by atoms with Gasteiger partial charge in [-0.05, 0) is 36.4 Å². The summed E-state index contributed by atoms with van der Waals surface area (Å²) in [6, 6.07) is 4.48. The molecule has 0 spiro atoms. The molecule has 2 aromatic rings. The lowest BCUT2D eigenvalue weighted by atomic mass is 10.3. The summed E-state index contributed by atoms with van der Waals surface area (Å²) in [6.07, 6.45) is -7.05. The molecule has 11 nitrogen and oxygen atoms in total. The normalized spacial score (nSPS) is 13.0. The van der Waals surface area contributed by atoms with E-state index < -0.39 is 81.1 Å². The number of nitrogens with zero attached hydrogens (tertiary/aromatic N) is 1. The van der Waals surface area contributed by atoms with Gasteiger partial charge in [-0.2, -0.15) is 30.7 Å². The number of sulfone groups is 2. The molecular weight excluding hydrogens is 595 g/mol. The fourth-order valence-electron chi connectivity index (χ4n) is 2.84. The largest absolute Gasteiger partial charge is 0.461 e. The van der Waals surface area contributed by atoms with Crippen molar-refractivity contribution < 1.29 is 62.1 Å². The van der Waals surface area contributed by atoms with Crippen LogP contribution >= 0.6 is 0 Å². The van der Waals surface area contributed by atoms with E-state index in [-0.39, 0.29) is 17.8 Å². The zero-order chi connectivity index (χ0) is 30.2. The topological polar surface area (TPSA) is 170 Å². The van der Waals surface area contributed by atoms with Gasteiger partial charge in [-0.25, -0.2) is 16.8 Å². The molecule has 2 aromatic carbocycles. The molecule has 0 heterocycles. The molecule has 0 fully saturated rings. The van der Waals surface area contributed by atoms with Crippen LogP contribution in [0.2, 0.25) is 0 Å². The number of hydrogen-bond acceptors (Lipinski definition) is 8. The van der Waals surface area contributed by atoms with Crippen LogP contribution in [0.25, 0.3) is 0 Å². The number of hydrogen-bond donors (Lipinski definition) is 2. The number of alkyl halides is 7. The van der Waals surface area contributed by atoms with Gasteiger partial charge in [-0.3, -0.25) is 19.7 Å². The number of rotatable bonds is 9. The summed E-state index contributed by atoms with van der Waals surface area (Å²) in [6.45, 7) is 1.21. The Morgan fingerprint density at radius 1 is 0.872 bits per heavy atom. The standard InChI is InChI=1S/C19H14F7N3O8S2/c1-10(30)27-11-2-4-12(5-3-11)28-16(31)9-38(34,35)15-7-6-13(8-14(15)29(32)33)39(36,37)19(25,26)17(20,21)18(22,23)24/h2-8H,9H2,1H3,(H,27,30)(H,28,31). The summed E-state index contributed by atoms with van der Waals surface area (Å²) >= 11 is 0. The first-order chi connectivity index (χ1) is 17.5. The fraction of sp³-hybridized carbons (Fsp3) is 0.263. The van der Waals surface area contributed by atoms with Gasteiger partial charge in [0.05, 0.1) is 9.82 Å². The van der Waals surface area contributed by atoms with Crippen molar-refractivity contribution in [3.05, 3.63) is 52.6 Å². The lowest BCUT2D eigenvalue weighted by Crippen LogP contribution is -2.55. The van der Waals surface area contributed by atoms with Crippen LogP contribution < -0.4 is 10.6 Å². The van der Waals surface area contributed by atoms with Gasteiger partial charge in [0.25, 0.3) is 15.5 Å². The first-order valence-electron chi connectivity index (χ1n) is 9.80. The molecule has 0 saturated carbocycles. The number of carbonyl (C=O) groups is 2. The first kappa shape index (κ1) is 31.4. The van der Waals surface area contributed by atoms with Crippen LogP contribution in [-0.2, 0) is 29.3 Å². The van der Waals surface area contributed by atoms with E-state index in [0.717, 1.165) is 0 Å². The van der Waals surface area contributed by atoms with Crippen molar-refractivity contribution in [2.45, 2.75) is 34.1 Å². The van der Waals surface area contributed by atoms with E-state index in [1.165, 1.54) is 31.2 Å². The van der Waals surface area contributed by atoms with Crippen molar-refractivity contribution in [3.8, 4) is 0 Å². The number of anilines is 2. The molecular formula is C19H14F7N3O8S2. The van der Waals surface area contributed by atoms with Gasteiger partial charge in [0.1, 0.15) is 10.6 Å². The molecule has 0 unspecified atom stereocenters. The lowest BCUT2D eigenvalue weighted by Gasteiger charge is -2.27. The maximum Gasteiger partial charge on any atom is 0.461 e. The fourth-order valence-corrected chi connectivity index (χ4v) is 5.40. The molecule has 214 valence electrons. The van der Waals surface area contributed by atoms with Gasteiger partial charge >= 0.3 is 17.4 Å². The Labute approximate surface area is 214 Å². The molecule has 0 aliphatic carbocycles. The van der Waals surface area contributed by atoms with E-state index >= 15 is 0 Å². The maximum atomic E-state index is 13.9. The Kier molecular flexibility index (Phi) is 8.37. The maximum absolute atomic E-state index is 13.9. The molecule has 2 amide bonds. The van der Waals surface area contributed by atoms with Crippen LogP contribution in [0.15, 0.2) is 52.3 Å². The van der Waals surface area contributed by atoms with Gasteiger partial charge in [0.2, 0.25) is 11.8 Å². The molecule has 0 saturated heterocycles. The molecule has 39 heavy (non-hydrogen) atoms. The predicted octanol–water partition coefficient (Wildman–Crippen LogP) is 3.53. The van der Waals surface area contributed by atoms with Crippen molar-refractivity contribution in [1.82, 2.24) is 0 Å². The number of nitro benzene ring substituents is 1. The summed E-state index contributed by atoms with van der Waals surface area (Å²) in [7, 11) is -12.0. The number of amides is 2. The molecule has 0 bridgehead atoms. The van der Waals surface area contributed by atoms with E-state index in [1.807, 2.05) is 0 Å². The molecule has 0 radical (unpaired) electrons. The molecule has 0 aliphatic heterocycles. The first-order valence-corrected chi connectivity index (χ1v) is 12.9. The highest BCUT2D eigenvalue weighted by Crippen LogP contribution is 2.51. The van der Waals surface area contributed by atoms with Crippen molar-refractivity contribution in [2.75, 3.05) is 16.4 Å². The summed E-state index contributed by atoms with van der Waals surface area (Å²) < 4.78 is 141. The van der Waals surface area contributed by atoms with Crippen LogP contribution in [0.5, 0.6) is 0 Å². The van der Waals surface area contributed by atoms with E-state index in [2.05, 4.69) is 10.6 Å². The summed E-state index contributed by atoms with van der Waals surface area (Å²) in [4.78, 5) is 29.4. The second-order valence-corrected chi connectivity index (χ2v) is 11.5. The molecule has 2 N–H and O–H groups in total. The molecule has 2 rings (SSSR count). The Hall–Kier alpha value is -3.81. The third kappa shape index (κ3) is 6.27. The summed E-state index contributed by atoms with van der Waals surface area (Å²) in [5.74, 6) is -10.4. The van der Waals surface area contributed by atoms with Crippen LogP contribution in [0.3, 0.4) is 0 Å². The quantitative estimate of drug-likeness (QED) is 0.247. The van der Waals surface area contributed by atoms with E-state index in [9.17, 15) is 67.3 Å². The highest BCUT2D eigenvalue weighted by molar-refractivity contribution is 7.93. The number of benzene rings is 2. The van der Waals surface area contributed by atoms with Gasteiger partial charge in [-0.15, -0.1) is 0 Å². The highest BCUT2D eigenvalue weighted by atomic mass is 32.2. The van der Waals surface area contributed by atoms with Crippen molar-refractivity contribution >= 4 is 48.6 Å². The lowest BCUT2D eigenvalue weighted by molar-refractivity contribution is -0.388. The zero-order valence-corrected chi connectivity index (χ0v) is 20.6. The van der Waals surface area contributed by atoms with Crippen LogP contribution in [0.4, 0.5) is 47.8 Å². The van der Waals surface area contributed by atoms with E-state index in [0.29, 0.717) is 5.69 Å². The summed E-state index contributed by atoms with van der Waals surface area (Å²) in [5.41, 5.74) is -1.50. The minimum absolute atomic E-state index is 0.00232. The highest BCUT2D eigenvalue weighted by Gasteiger charge is 2.78. The molecule has 20 heteroatoms. The Morgan fingerprint density at radius 2 is 1.36 bits per heavy atom. The van der Waals surface area contributed by atoms with Crippen LogP contribution in [0, 0.1) is 10.1 Å². The van der Waals surface area contributed by atoms with Crippen LogP contribution in [-0.4, -0.2) is 56.7 Å². The Bertz CT molecular complexity index is 1530. The second-order valence-electron chi connectivity index (χ2n) is 7.54. The minimum atomic E-state index is -7.13. The van der Waals surface area contributed by atoms with Crippen molar-refractivity contribution in [2.24, 2.45) is 0 Å². The number of halogens is 7. The number of nitrogens with one attached hydrogen (secondary N) is 2. The zero-order valence-electron chi connectivity index (χ0n) is 18.9.